The van der Waals surface area contributed by atoms with Crippen molar-refractivity contribution in [3.05, 3.63) is 77.9 Å². The Morgan fingerprint density at radius 2 is 1.02 bits per heavy atom. The Bertz CT molecular complexity index is 1960. The van der Waals surface area contributed by atoms with Gasteiger partial charge in [0.2, 0.25) is 0 Å². The summed E-state index contributed by atoms with van der Waals surface area (Å²) < 4.78 is 38.8. The Morgan fingerprint density at radius 1 is 0.556 bits per heavy atom. The van der Waals surface area contributed by atoms with Crippen molar-refractivity contribution in [1.29, 1.82) is 0 Å². The quantitative estimate of drug-likeness (QED) is 0.0388. The summed E-state index contributed by atoms with van der Waals surface area (Å²) in [6, 6.07) is 18.0. The van der Waals surface area contributed by atoms with Gasteiger partial charge in [0.15, 0.2) is 19.8 Å². The summed E-state index contributed by atoms with van der Waals surface area (Å²) in [6.45, 7) is 0.926. The molecule has 20 heteroatoms. The van der Waals surface area contributed by atoms with E-state index in [0.29, 0.717) is 17.5 Å². The number of carbonyl (C=O) groups excluding carboxylic acids is 4. The van der Waals surface area contributed by atoms with Crippen LogP contribution in [-0.4, -0.2) is 136 Å². The van der Waals surface area contributed by atoms with Crippen molar-refractivity contribution < 1.29 is 82.0 Å². The summed E-state index contributed by atoms with van der Waals surface area (Å²) in [5, 5.41) is 34.2. The first-order chi connectivity index (χ1) is 30.3. The van der Waals surface area contributed by atoms with Crippen molar-refractivity contribution in [3.63, 3.8) is 0 Å². The van der Waals surface area contributed by atoms with Crippen LogP contribution in [0, 0.1) is 0 Å². The van der Waals surface area contributed by atoms with E-state index in [-0.39, 0.29) is 107 Å². The van der Waals surface area contributed by atoms with E-state index in [1.165, 1.54) is 18.2 Å². The van der Waals surface area contributed by atoms with Crippen molar-refractivity contribution >= 4 is 41.6 Å². The third-order valence-electron chi connectivity index (χ3n) is 8.33. The van der Waals surface area contributed by atoms with Gasteiger partial charge in [0.1, 0.15) is 23.9 Å². The zero-order valence-electron chi connectivity index (χ0n) is 34.8. The zero-order chi connectivity index (χ0) is 45.8. The first-order valence-electron chi connectivity index (χ1n) is 19.9. The molecular weight excluding hydrogens is 830 g/mol. The Labute approximate surface area is 363 Å². The average molecular weight is 884 g/mol. The number of nitrogens with one attached hydrogen (secondary N) is 3. The van der Waals surface area contributed by atoms with E-state index < -0.39 is 61.4 Å². The smallest absolute Gasteiger partial charge is 0.338 e. The van der Waals surface area contributed by atoms with Gasteiger partial charge in [-0.2, -0.15) is 0 Å². The Hall–Kier alpha value is -6.77. The minimum Gasteiger partial charge on any atom is -0.484 e. The first kappa shape index (κ1) is 50.6. The molecule has 3 aromatic carbocycles. The van der Waals surface area contributed by atoms with Gasteiger partial charge >= 0.3 is 23.9 Å². The molecule has 3 rings (SSSR count). The van der Waals surface area contributed by atoms with E-state index in [9.17, 15) is 33.6 Å². The van der Waals surface area contributed by atoms with Crippen LogP contribution in [-0.2, 0) is 54.3 Å². The van der Waals surface area contributed by atoms with Crippen LogP contribution in [0.4, 0.5) is 0 Å². The summed E-state index contributed by atoms with van der Waals surface area (Å²) in [5.41, 5.74) is 1.55. The average Bonchev–Trinajstić information content (AvgIpc) is 3.25. The van der Waals surface area contributed by atoms with Gasteiger partial charge in [-0.25, -0.2) is 4.79 Å². The molecule has 1 unspecified atom stereocenters. The van der Waals surface area contributed by atoms with Crippen molar-refractivity contribution in [3.8, 4) is 28.4 Å². The van der Waals surface area contributed by atoms with Crippen molar-refractivity contribution in [2.45, 2.75) is 45.3 Å². The number of carboxylic acids is 3. The van der Waals surface area contributed by atoms with Crippen molar-refractivity contribution in [2.75, 3.05) is 72.5 Å². The molecule has 0 fully saturated rings. The lowest BCUT2D eigenvalue weighted by atomic mass is 10.0. The minimum absolute atomic E-state index is 0.0158. The van der Waals surface area contributed by atoms with E-state index in [0.717, 1.165) is 5.56 Å². The monoisotopic (exact) mass is 883 g/mol. The molecular formula is C43H53N3O17. The number of ether oxygens (including phenoxy) is 7. The highest BCUT2D eigenvalue weighted by atomic mass is 16.5. The second kappa shape index (κ2) is 28.7. The van der Waals surface area contributed by atoms with Crippen molar-refractivity contribution in [2.24, 2.45) is 0 Å². The maximum atomic E-state index is 13.4. The second-order valence-corrected chi connectivity index (χ2v) is 13.5. The Morgan fingerprint density at radius 3 is 1.52 bits per heavy atom. The van der Waals surface area contributed by atoms with Crippen LogP contribution in [0.25, 0.3) is 11.1 Å². The fraction of sp³-hybridized carbons (Fsp3) is 0.419. The van der Waals surface area contributed by atoms with E-state index in [1.807, 2.05) is 6.07 Å². The molecule has 342 valence electrons. The van der Waals surface area contributed by atoms with Gasteiger partial charge in [0.05, 0.1) is 64.0 Å². The topological polar surface area (TPSA) is 281 Å². The second-order valence-electron chi connectivity index (χ2n) is 13.5. The van der Waals surface area contributed by atoms with E-state index in [2.05, 4.69) is 16.0 Å². The Kier molecular flexibility index (Phi) is 23.0. The lowest BCUT2D eigenvalue weighted by molar-refractivity contribution is -0.139. The molecule has 20 nitrogen and oxygen atoms in total. The maximum Gasteiger partial charge on any atom is 0.338 e. The van der Waals surface area contributed by atoms with Gasteiger partial charge in [0, 0.05) is 25.7 Å². The predicted octanol–water partition coefficient (Wildman–Crippen LogP) is 2.45. The van der Waals surface area contributed by atoms with Crippen LogP contribution in [0.5, 0.6) is 17.2 Å². The number of hydrogen-bond donors (Lipinski definition) is 6. The van der Waals surface area contributed by atoms with Gasteiger partial charge in [-0.05, 0) is 60.4 Å². The molecule has 0 saturated carbocycles. The molecule has 0 radical (unpaired) electrons. The number of carbonyl (C=O) groups is 7. The predicted molar refractivity (Wildman–Crippen MR) is 221 cm³/mol. The van der Waals surface area contributed by atoms with Crippen LogP contribution in [0.1, 0.15) is 48.5 Å². The number of aliphatic carboxylic acids is 3. The van der Waals surface area contributed by atoms with Crippen LogP contribution >= 0.6 is 0 Å². The number of amides is 3. The molecule has 1 atom stereocenters. The van der Waals surface area contributed by atoms with E-state index in [1.54, 1.807) is 49.4 Å². The largest absolute Gasteiger partial charge is 0.484 e. The standard InChI is InChI=1S/C43H53N3O17/c1-29(59-16-10-42(54)55)7-11-44-37(47)26-61-35-21-32(22-36(24-35)62-28-39(49)46-13-18-58-15-9-41(52)53)31-19-33(43(56)63-25-30-5-3-2-4-6-30)23-34(20-31)60-27-38(48)45-12-17-57-14-8-40(50)51/h2-6,19-24,29H,7-18,25-28H2,1H3,(H,44,47)(H,45,48)(H,46,49)(H,50,51)(H,52,53)(H,54,55). The van der Waals surface area contributed by atoms with Crippen LogP contribution in [0.15, 0.2) is 66.7 Å². The highest BCUT2D eigenvalue weighted by molar-refractivity contribution is 5.92. The molecule has 0 bridgehead atoms. The molecule has 6 N–H and O–H groups in total. The third kappa shape index (κ3) is 22.6. The number of hydrogen-bond acceptors (Lipinski definition) is 14. The zero-order valence-corrected chi connectivity index (χ0v) is 34.8. The van der Waals surface area contributed by atoms with Gasteiger partial charge in [-0.15, -0.1) is 0 Å². The fourth-order valence-electron chi connectivity index (χ4n) is 5.17. The molecule has 3 aromatic rings. The van der Waals surface area contributed by atoms with Gasteiger partial charge in [0.25, 0.3) is 17.7 Å². The maximum absolute atomic E-state index is 13.4. The summed E-state index contributed by atoms with van der Waals surface area (Å²) in [7, 11) is 0. The van der Waals surface area contributed by atoms with Gasteiger partial charge < -0.3 is 64.4 Å². The first-order valence-corrected chi connectivity index (χ1v) is 19.9. The molecule has 0 aliphatic heterocycles. The molecule has 0 aliphatic rings. The molecule has 0 saturated heterocycles. The Balaban J connectivity index is 1.81. The summed E-state index contributed by atoms with van der Waals surface area (Å²) in [5.74, 6) is -4.86. The fourth-order valence-corrected chi connectivity index (χ4v) is 5.17. The van der Waals surface area contributed by atoms with Crippen LogP contribution in [0.2, 0.25) is 0 Å². The number of carboxylic acid groups (broad SMARTS) is 3. The number of benzene rings is 3. The molecule has 0 aromatic heterocycles. The van der Waals surface area contributed by atoms with Crippen LogP contribution < -0.4 is 30.2 Å². The molecule has 0 spiro atoms. The summed E-state index contributed by atoms with van der Waals surface area (Å²) in [6.07, 6.45) is -0.404. The highest BCUT2D eigenvalue weighted by Crippen LogP contribution is 2.33. The normalized spacial score (nSPS) is 11.1. The van der Waals surface area contributed by atoms with Crippen molar-refractivity contribution in [1.82, 2.24) is 16.0 Å². The van der Waals surface area contributed by atoms with E-state index >= 15 is 0 Å². The minimum atomic E-state index is -1.01. The summed E-state index contributed by atoms with van der Waals surface area (Å²) in [4.78, 5) is 83.5. The molecule has 0 aliphatic carbocycles. The van der Waals surface area contributed by atoms with Gasteiger partial charge in [-0.3, -0.25) is 28.8 Å². The molecule has 0 heterocycles. The highest BCUT2D eigenvalue weighted by Gasteiger charge is 2.17. The lowest BCUT2D eigenvalue weighted by Crippen LogP contribution is -2.32. The molecule has 3 amide bonds. The SMILES string of the molecule is CC(CCNC(=O)COc1cc(OCC(=O)NCCOCCC(=O)O)cc(-c2cc(OCC(=O)NCCOCCC(=O)O)cc(C(=O)OCc3ccccc3)c2)c1)OCCC(=O)O. The third-order valence-corrected chi connectivity index (χ3v) is 8.33. The van der Waals surface area contributed by atoms with Crippen LogP contribution in [0.3, 0.4) is 0 Å². The van der Waals surface area contributed by atoms with Gasteiger partial charge in [-0.1, -0.05) is 30.3 Å². The van der Waals surface area contributed by atoms with E-state index in [4.69, 9.17) is 48.5 Å². The number of esters is 1. The lowest BCUT2D eigenvalue weighted by Gasteiger charge is -2.15. The molecule has 63 heavy (non-hydrogen) atoms. The number of rotatable bonds is 32. The summed E-state index contributed by atoms with van der Waals surface area (Å²) >= 11 is 0.